The molecular weight excluding hydrogens is 560 g/mol. The van der Waals surface area contributed by atoms with E-state index < -0.39 is 22.2 Å². The van der Waals surface area contributed by atoms with Gasteiger partial charge in [0, 0.05) is 60.8 Å². The molecule has 0 saturated heterocycles. The van der Waals surface area contributed by atoms with Crippen LogP contribution in [0.2, 0.25) is 0 Å². The third kappa shape index (κ3) is 6.28. The third-order valence-electron chi connectivity index (χ3n) is 7.10. The van der Waals surface area contributed by atoms with Gasteiger partial charge in [0.1, 0.15) is 16.7 Å². The number of aliphatic hydroxyl groups is 1. The second-order valence-corrected chi connectivity index (χ2v) is 12.1. The van der Waals surface area contributed by atoms with Gasteiger partial charge in [-0.15, -0.1) is 0 Å². The molecule has 42 heavy (non-hydrogen) atoms. The minimum atomic E-state index is -4.01. The first-order chi connectivity index (χ1) is 20.2. The molecule has 2 aliphatic rings. The van der Waals surface area contributed by atoms with Gasteiger partial charge in [-0.1, -0.05) is 18.8 Å². The molecule has 2 amide bonds. The number of amides is 2. The van der Waals surface area contributed by atoms with E-state index in [0.29, 0.717) is 28.3 Å². The number of urea groups is 1. The summed E-state index contributed by atoms with van der Waals surface area (Å²) in [4.78, 5) is 18.6. The molecule has 2 aliphatic heterocycles. The average molecular weight is 593 g/mol. The highest BCUT2D eigenvalue weighted by atomic mass is 32.2. The number of carbonyl (C=O) groups excluding carboxylic acids is 1. The number of sulfonamides is 1. The number of nitrogens with zero attached hydrogens (tertiary/aromatic N) is 3. The van der Waals surface area contributed by atoms with Crippen molar-refractivity contribution < 1.29 is 32.5 Å². The monoisotopic (exact) mass is 592 g/mol. The van der Waals surface area contributed by atoms with E-state index in [1.54, 1.807) is 62.8 Å². The van der Waals surface area contributed by atoms with E-state index in [0.717, 1.165) is 0 Å². The van der Waals surface area contributed by atoms with Crippen molar-refractivity contribution in [1.29, 1.82) is 0 Å². The summed E-state index contributed by atoms with van der Waals surface area (Å²) in [5.74, 6) is 7.00. The first kappa shape index (κ1) is 29.2. The summed E-state index contributed by atoms with van der Waals surface area (Å²) in [5, 5.41) is 12.7. The highest BCUT2D eigenvalue weighted by Gasteiger charge is 2.38. The van der Waals surface area contributed by atoms with E-state index in [4.69, 9.17) is 14.2 Å². The van der Waals surface area contributed by atoms with Crippen molar-refractivity contribution in [1.82, 2.24) is 14.2 Å². The quantitative estimate of drug-likeness (QED) is 0.432. The number of fused-ring (bicyclic) bond motifs is 2. The van der Waals surface area contributed by atoms with Crippen LogP contribution in [0.1, 0.15) is 25.0 Å². The maximum atomic E-state index is 13.7. The number of aromatic nitrogens is 1. The number of nitrogens with one attached hydrogen (secondary N) is 1. The van der Waals surface area contributed by atoms with Gasteiger partial charge in [-0.25, -0.2) is 13.2 Å². The predicted octanol–water partition coefficient (Wildman–Crippen LogP) is 3.14. The van der Waals surface area contributed by atoms with Crippen LogP contribution in [0.5, 0.6) is 17.2 Å². The molecule has 0 saturated carbocycles. The minimum absolute atomic E-state index is 0.0286. The van der Waals surface area contributed by atoms with Gasteiger partial charge in [0.15, 0.2) is 11.5 Å². The van der Waals surface area contributed by atoms with Crippen molar-refractivity contribution in [2.45, 2.75) is 30.9 Å². The smallest absolute Gasteiger partial charge is 0.321 e. The molecule has 0 spiro atoms. The largest absolute Gasteiger partial charge is 0.487 e. The van der Waals surface area contributed by atoms with Crippen LogP contribution in [0.4, 0.5) is 10.5 Å². The Kier molecular flexibility index (Phi) is 8.54. The lowest BCUT2D eigenvalue weighted by Crippen LogP contribution is -2.50. The highest BCUT2D eigenvalue weighted by molar-refractivity contribution is 7.89. The minimum Gasteiger partial charge on any atom is -0.487 e. The van der Waals surface area contributed by atoms with Crippen molar-refractivity contribution in [2.75, 3.05) is 38.9 Å². The maximum Gasteiger partial charge on any atom is 0.321 e. The summed E-state index contributed by atoms with van der Waals surface area (Å²) in [6.07, 6.45) is 2.71. The lowest BCUT2D eigenvalue weighted by molar-refractivity contribution is 0.0830. The zero-order valence-corrected chi connectivity index (χ0v) is 24.3. The van der Waals surface area contributed by atoms with Crippen LogP contribution in [-0.4, -0.2) is 79.4 Å². The Morgan fingerprint density at radius 1 is 1.14 bits per heavy atom. The highest BCUT2D eigenvalue weighted by Crippen LogP contribution is 2.35. The van der Waals surface area contributed by atoms with Crippen molar-refractivity contribution in [3.63, 3.8) is 0 Å². The van der Waals surface area contributed by atoms with Crippen molar-refractivity contribution >= 4 is 21.7 Å². The molecule has 3 aromatic rings. The van der Waals surface area contributed by atoms with E-state index >= 15 is 0 Å². The van der Waals surface area contributed by atoms with Gasteiger partial charge in [-0.05, 0) is 49.4 Å². The van der Waals surface area contributed by atoms with Gasteiger partial charge in [-0.2, -0.15) is 4.31 Å². The fourth-order valence-electron chi connectivity index (χ4n) is 4.65. The molecule has 0 unspecified atom stereocenters. The summed E-state index contributed by atoms with van der Waals surface area (Å²) in [5.41, 5.74) is 1.80. The lowest BCUT2D eigenvalue weighted by atomic mass is 10.0. The Labute approximate surface area is 245 Å². The molecule has 3 heterocycles. The standard InChI is InChI=1S/C30H32N4O7S/c1-20-16-34(21(2)18-35)42(37,38)29-11-8-22(6-7-23-5-4-12-31-15-23)13-27(29)41-28(20)17-33(3)30(36)32-24-9-10-25-26(14-24)40-19-39-25/h4-5,8-15,20-21,28,35H,16-19H2,1-3H3,(H,32,36)/t20-,21-,28-/m1/s1. The van der Waals surface area contributed by atoms with E-state index in [-0.39, 0.29) is 49.1 Å². The van der Waals surface area contributed by atoms with E-state index in [9.17, 15) is 18.3 Å². The second kappa shape index (κ2) is 12.3. The van der Waals surface area contributed by atoms with Crippen LogP contribution in [0.25, 0.3) is 0 Å². The van der Waals surface area contributed by atoms with E-state index in [1.165, 1.54) is 15.3 Å². The van der Waals surface area contributed by atoms with Crippen LogP contribution in [-0.2, 0) is 10.0 Å². The number of rotatable bonds is 5. The van der Waals surface area contributed by atoms with Crippen LogP contribution in [0.3, 0.4) is 0 Å². The molecule has 5 rings (SSSR count). The molecule has 0 bridgehead atoms. The van der Waals surface area contributed by atoms with Crippen LogP contribution < -0.4 is 19.5 Å². The Bertz CT molecular complexity index is 1620. The van der Waals surface area contributed by atoms with Gasteiger partial charge < -0.3 is 29.5 Å². The van der Waals surface area contributed by atoms with Gasteiger partial charge in [0.2, 0.25) is 16.8 Å². The summed E-state index contributed by atoms with van der Waals surface area (Å²) in [6, 6.07) is 12.4. The van der Waals surface area contributed by atoms with Crippen molar-refractivity contribution in [3.05, 3.63) is 72.1 Å². The molecule has 0 fully saturated rings. The van der Waals surface area contributed by atoms with E-state index in [2.05, 4.69) is 22.1 Å². The average Bonchev–Trinajstić information content (AvgIpc) is 3.46. The first-order valence-corrected chi connectivity index (χ1v) is 14.9. The SMILES string of the molecule is C[C@@H]1CN([C@H](C)CO)S(=O)(=O)c2ccc(C#Cc3cccnc3)cc2O[C@@H]1CN(C)C(=O)Nc1ccc2c(c1)OCO2. The first-order valence-electron chi connectivity index (χ1n) is 13.4. The summed E-state index contributed by atoms with van der Waals surface area (Å²) in [7, 11) is -2.37. The molecule has 220 valence electrons. The topological polar surface area (TPSA) is 131 Å². The molecule has 2 N–H and O–H groups in total. The molecule has 1 aromatic heterocycles. The van der Waals surface area contributed by atoms with Gasteiger partial charge in [0.25, 0.3) is 0 Å². The number of benzene rings is 2. The molecule has 2 aromatic carbocycles. The molecular formula is C30H32N4O7S. The summed E-state index contributed by atoms with van der Waals surface area (Å²) >= 11 is 0. The van der Waals surface area contributed by atoms with Crippen LogP contribution in [0.15, 0.2) is 65.8 Å². The maximum absolute atomic E-state index is 13.7. The lowest BCUT2D eigenvalue weighted by Gasteiger charge is -2.37. The molecule has 0 aliphatic carbocycles. The number of hydrogen-bond acceptors (Lipinski definition) is 8. The van der Waals surface area contributed by atoms with Crippen LogP contribution in [0, 0.1) is 17.8 Å². The number of ether oxygens (including phenoxy) is 3. The molecule has 0 radical (unpaired) electrons. The normalized spacial score (nSPS) is 19.6. The second-order valence-electron chi connectivity index (χ2n) is 10.3. The zero-order chi connectivity index (χ0) is 29.9. The zero-order valence-electron chi connectivity index (χ0n) is 23.5. The van der Waals surface area contributed by atoms with Gasteiger partial charge >= 0.3 is 6.03 Å². The van der Waals surface area contributed by atoms with Crippen LogP contribution >= 0.6 is 0 Å². The number of carbonyl (C=O) groups is 1. The molecule has 12 heteroatoms. The number of hydrogen-bond donors (Lipinski definition) is 2. The molecule has 11 nitrogen and oxygen atoms in total. The number of likely N-dealkylation sites (N-methyl/N-ethyl adjacent to an activating group) is 1. The van der Waals surface area contributed by atoms with E-state index in [1.807, 2.05) is 13.0 Å². The number of anilines is 1. The Balaban J connectivity index is 1.42. The Morgan fingerprint density at radius 2 is 1.93 bits per heavy atom. The molecule has 3 atom stereocenters. The van der Waals surface area contributed by atoms with Gasteiger partial charge in [0.05, 0.1) is 13.2 Å². The predicted molar refractivity (Wildman–Crippen MR) is 155 cm³/mol. The van der Waals surface area contributed by atoms with Crippen molar-refractivity contribution in [2.24, 2.45) is 5.92 Å². The van der Waals surface area contributed by atoms with Gasteiger partial charge in [-0.3, -0.25) is 4.98 Å². The fourth-order valence-corrected chi connectivity index (χ4v) is 6.47. The number of pyridine rings is 1. The van der Waals surface area contributed by atoms with Crippen molar-refractivity contribution in [3.8, 4) is 29.1 Å². The summed E-state index contributed by atoms with van der Waals surface area (Å²) < 4.78 is 45.8. The third-order valence-corrected chi connectivity index (χ3v) is 9.12. The Hall–Kier alpha value is -4.31. The summed E-state index contributed by atoms with van der Waals surface area (Å²) in [6.45, 7) is 3.54. The number of aliphatic hydroxyl groups excluding tert-OH is 1. The fraction of sp³-hybridized carbons (Fsp3) is 0.333. The Morgan fingerprint density at radius 3 is 2.69 bits per heavy atom.